The van der Waals surface area contributed by atoms with Gasteiger partial charge in [-0.1, -0.05) is 32.9 Å². The number of rotatable bonds is 5. The maximum Gasteiger partial charge on any atom is 0.242 e. The van der Waals surface area contributed by atoms with Gasteiger partial charge in [-0.2, -0.15) is 0 Å². The summed E-state index contributed by atoms with van der Waals surface area (Å²) in [5.41, 5.74) is 0.778. The number of hydrogen-bond acceptors (Lipinski definition) is 3. The van der Waals surface area contributed by atoms with Crippen LogP contribution < -0.4 is 5.32 Å². The van der Waals surface area contributed by atoms with Gasteiger partial charge in [0.1, 0.15) is 0 Å². The van der Waals surface area contributed by atoms with Crippen molar-refractivity contribution in [1.82, 2.24) is 9.62 Å². The van der Waals surface area contributed by atoms with Crippen molar-refractivity contribution >= 4 is 15.9 Å². The summed E-state index contributed by atoms with van der Waals surface area (Å²) < 4.78 is 25.3. The van der Waals surface area contributed by atoms with Gasteiger partial charge in [-0.25, -0.2) is 12.7 Å². The first-order valence-corrected chi connectivity index (χ1v) is 9.14. The van der Waals surface area contributed by atoms with Crippen LogP contribution in [0, 0.1) is 5.41 Å². The Labute approximate surface area is 140 Å². The van der Waals surface area contributed by atoms with Gasteiger partial charge in [-0.15, -0.1) is 0 Å². The van der Waals surface area contributed by atoms with Crippen LogP contribution in [0.5, 0.6) is 0 Å². The summed E-state index contributed by atoms with van der Waals surface area (Å²) in [6.45, 7) is 10.0. The highest BCUT2D eigenvalue weighted by Gasteiger charge is 2.25. The van der Waals surface area contributed by atoms with Gasteiger partial charge in [-0.3, -0.25) is 4.79 Å². The van der Waals surface area contributed by atoms with Crippen LogP contribution in [0.2, 0.25) is 0 Å². The quantitative estimate of drug-likeness (QED) is 0.896. The zero-order valence-corrected chi connectivity index (χ0v) is 15.9. The smallest absolute Gasteiger partial charge is 0.242 e. The average molecular weight is 340 g/mol. The molecule has 0 aliphatic heterocycles. The van der Waals surface area contributed by atoms with Gasteiger partial charge in [0.05, 0.1) is 10.8 Å². The molecule has 0 aliphatic carbocycles. The van der Waals surface area contributed by atoms with Crippen molar-refractivity contribution in [3.63, 3.8) is 0 Å². The van der Waals surface area contributed by atoms with E-state index in [1.54, 1.807) is 24.3 Å². The van der Waals surface area contributed by atoms with E-state index in [2.05, 4.69) is 26.1 Å². The lowest BCUT2D eigenvalue weighted by atomic mass is 9.87. The molecule has 1 amide bonds. The first-order chi connectivity index (χ1) is 10.4. The Morgan fingerprint density at radius 2 is 1.57 bits per heavy atom. The molecule has 0 spiro atoms. The van der Waals surface area contributed by atoms with Gasteiger partial charge in [0, 0.05) is 20.1 Å². The van der Waals surface area contributed by atoms with E-state index in [4.69, 9.17) is 0 Å². The Hall–Kier alpha value is -1.40. The SMILES string of the molecule is C[C@H](C(=O)N[C@H](C)C(C)(C)C)c1ccc(S(=O)(=O)N(C)C)cc1. The van der Waals surface area contributed by atoms with Crippen LogP contribution in [0.15, 0.2) is 29.2 Å². The first kappa shape index (κ1) is 19.6. The van der Waals surface area contributed by atoms with Gasteiger partial charge in [-0.05, 0) is 37.0 Å². The second kappa shape index (κ2) is 7.01. The lowest BCUT2D eigenvalue weighted by Gasteiger charge is -2.29. The number of sulfonamides is 1. The molecule has 2 atom stereocenters. The number of nitrogens with zero attached hydrogens (tertiary/aromatic N) is 1. The van der Waals surface area contributed by atoms with Crippen molar-refractivity contribution in [2.24, 2.45) is 5.41 Å². The molecule has 0 radical (unpaired) electrons. The van der Waals surface area contributed by atoms with E-state index in [0.29, 0.717) is 0 Å². The monoisotopic (exact) mass is 340 g/mol. The summed E-state index contributed by atoms with van der Waals surface area (Å²) in [5, 5.41) is 3.02. The van der Waals surface area contributed by atoms with E-state index < -0.39 is 10.0 Å². The van der Waals surface area contributed by atoms with Crippen LogP contribution in [0.1, 0.15) is 46.1 Å². The molecule has 0 saturated heterocycles. The Morgan fingerprint density at radius 1 is 1.09 bits per heavy atom. The van der Waals surface area contributed by atoms with Gasteiger partial charge in [0.2, 0.25) is 15.9 Å². The second-order valence-corrected chi connectivity index (χ2v) is 9.33. The topological polar surface area (TPSA) is 66.5 Å². The summed E-state index contributed by atoms with van der Waals surface area (Å²) >= 11 is 0. The maximum atomic E-state index is 12.4. The minimum absolute atomic E-state index is 0.0149. The predicted octanol–water partition coefficient (Wildman–Crippen LogP) is 2.59. The second-order valence-electron chi connectivity index (χ2n) is 7.17. The molecule has 0 bridgehead atoms. The normalized spacial score (nSPS) is 15.3. The van der Waals surface area contributed by atoms with Crippen LogP contribution in [0.4, 0.5) is 0 Å². The van der Waals surface area contributed by atoms with E-state index in [9.17, 15) is 13.2 Å². The molecular weight excluding hydrogens is 312 g/mol. The maximum absolute atomic E-state index is 12.4. The molecule has 1 aromatic carbocycles. The van der Waals surface area contributed by atoms with Crippen LogP contribution >= 0.6 is 0 Å². The minimum atomic E-state index is -3.45. The highest BCUT2D eigenvalue weighted by Crippen LogP contribution is 2.22. The number of benzene rings is 1. The molecule has 0 saturated carbocycles. The van der Waals surface area contributed by atoms with Crippen molar-refractivity contribution in [1.29, 1.82) is 0 Å². The van der Waals surface area contributed by atoms with E-state index in [-0.39, 0.29) is 28.2 Å². The molecule has 0 aromatic heterocycles. The zero-order valence-electron chi connectivity index (χ0n) is 15.0. The van der Waals surface area contributed by atoms with Crippen LogP contribution in [-0.4, -0.2) is 38.8 Å². The number of carbonyl (C=O) groups is 1. The third-order valence-corrected chi connectivity index (χ3v) is 6.04. The molecule has 1 rings (SSSR count). The molecule has 23 heavy (non-hydrogen) atoms. The molecule has 6 heteroatoms. The highest BCUT2D eigenvalue weighted by molar-refractivity contribution is 7.89. The van der Waals surface area contributed by atoms with Gasteiger partial charge in [0.15, 0.2) is 0 Å². The zero-order chi connectivity index (χ0) is 18.0. The number of carbonyl (C=O) groups excluding carboxylic acids is 1. The summed E-state index contributed by atoms with van der Waals surface area (Å²) in [4.78, 5) is 12.6. The molecule has 0 fully saturated rings. The van der Waals surface area contributed by atoms with Crippen molar-refractivity contribution in [2.75, 3.05) is 14.1 Å². The van der Waals surface area contributed by atoms with Crippen molar-refractivity contribution in [3.05, 3.63) is 29.8 Å². The van der Waals surface area contributed by atoms with E-state index in [1.165, 1.54) is 18.4 Å². The molecule has 0 aliphatic rings. The Kier molecular flexibility index (Phi) is 5.99. The van der Waals surface area contributed by atoms with Crippen LogP contribution in [0.25, 0.3) is 0 Å². The third-order valence-electron chi connectivity index (χ3n) is 4.21. The molecule has 130 valence electrons. The molecule has 0 unspecified atom stereocenters. The average Bonchev–Trinajstić information content (AvgIpc) is 2.45. The lowest BCUT2D eigenvalue weighted by Crippen LogP contribution is -2.43. The van der Waals surface area contributed by atoms with Gasteiger partial charge < -0.3 is 5.32 Å². The summed E-state index contributed by atoms with van der Waals surface area (Å²) in [7, 11) is -0.459. The Morgan fingerprint density at radius 3 is 1.96 bits per heavy atom. The Bertz CT molecular complexity index is 643. The number of nitrogens with one attached hydrogen (secondary N) is 1. The molecular formula is C17H28N2O3S. The summed E-state index contributed by atoms with van der Waals surface area (Å²) in [5.74, 6) is -0.397. The fraction of sp³-hybridized carbons (Fsp3) is 0.588. The largest absolute Gasteiger partial charge is 0.353 e. The third kappa shape index (κ3) is 4.78. The number of amides is 1. The van der Waals surface area contributed by atoms with Gasteiger partial charge in [0.25, 0.3) is 0 Å². The highest BCUT2D eigenvalue weighted by atomic mass is 32.2. The fourth-order valence-electron chi connectivity index (χ4n) is 1.85. The molecule has 0 heterocycles. The van der Waals surface area contributed by atoms with E-state index >= 15 is 0 Å². The standard InChI is InChI=1S/C17H28N2O3S/c1-12(16(20)18-13(2)17(3,4)5)14-8-10-15(11-9-14)23(21,22)19(6)7/h8-13H,1-7H3,(H,18,20)/t12-,13+/m0/s1. The first-order valence-electron chi connectivity index (χ1n) is 7.70. The number of hydrogen-bond donors (Lipinski definition) is 1. The summed E-state index contributed by atoms with van der Waals surface area (Å²) in [6, 6.07) is 6.53. The van der Waals surface area contributed by atoms with Gasteiger partial charge >= 0.3 is 0 Å². The Balaban J connectivity index is 2.90. The molecule has 5 nitrogen and oxygen atoms in total. The fourth-order valence-corrected chi connectivity index (χ4v) is 2.75. The van der Waals surface area contributed by atoms with Crippen molar-refractivity contribution < 1.29 is 13.2 Å². The van der Waals surface area contributed by atoms with Crippen LogP contribution in [-0.2, 0) is 14.8 Å². The molecule has 1 aromatic rings. The lowest BCUT2D eigenvalue weighted by molar-refractivity contribution is -0.123. The van der Waals surface area contributed by atoms with Crippen molar-refractivity contribution in [3.8, 4) is 0 Å². The van der Waals surface area contributed by atoms with E-state index in [1.807, 2.05) is 13.8 Å². The van der Waals surface area contributed by atoms with Crippen LogP contribution in [0.3, 0.4) is 0 Å². The van der Waals surface area contributed by atoms with E-state index in [0.717, 1.165) is 5.56 Å². The predicted molar refractivity (Wildman–Crippen MR) is 92.8 cm³/mol. The minimum Gasteiger partial charge on any atom is -0.353 e. The summed E-state index contributed by atoms with van der Waals surface area (Å²) in [6.07, 6.45) is 0. The molecule has 1 N–H and O–H groups in total. The van der Waals surface area contributed by atoms with Crippen molar-refractivity contribution in [2.45, 2.75) is 51.5 Å².